The molecule has 138 valence electrons. The molecule has 0 saturated heterocycles. The molecular formula is C18H14N2O5S2. The maximum atomic E-state index is 12.9. The first-order chi connectivity index (χ1) is 12.9. The maximum absolute atomic E-state index is 12.9. The number of hydrogen-bond acceptors (Lipinski definition) is 6. The maximum Gasteiger partial charge on any atom is 0.340 e. The van der Waals surface area contributed by atoms with E-state index in [0.29, 0.717) is 16.1 Å². The van der Waals surface area contributed by atoms with Crippen LogP contribution in [0, 0.1) is 0 Å². The van der Waals surface area contributed by atoms with E-state index in [1.54, 1.807) is 23.6 Å². The minimum atomic E-state index is -3.82. The molecule has 3 aromatic rings. The molecule has 27 heavy (non-hydrogen) atoms. The van der Waals surface area contributed by atoms with Crippen LogP contribution in [0.3, 0.4) is 0 Å². The normalized spacial score (nSPS) is 14.3. The lowest BCUT2D eigenvalue weighted by Gasteiger charge is -2.18. The topological polar surface area (TPSA) is 92.8 Å². The third kappa shape index (κ3) is 2.75. The fourth-order valence-electron chi connectivity index (χ4n) is 3.10. The Labute approximate surface area is 159 Å². The van der Waals surface area contributed by atoms with E-state index >= 15 is 0 Å². The number of hydrogen-bond donors (Lipinski definition) is 1. The average molecular weight is 402 g/mol. The van der Waals surface area contributed by atoms with Crippen molar-refractivity contribution in [2.75, 3.05) is 23.3 Å². The first-order valence-corrected chi connectivity index (χ1v) is 10.3. The van der Waals surface area contributed by atoms with Crippen molar-refractivity contribution in [2.24, 2.45) is 0 Å². The predicted molar refractivity (Wildman–Crippen MR) is 103 cm³/mol. The lowest BCUT2D eigenvalue weighted by Crippen LogP contribution is -2.35. The van der Waals surface area contributed by atoms with Gasteiger partial charge in [0.1, 0.15) is 11.5 Å². The Hall–Kier alpha value is -2.91. The summed E-state index contributed by atoms with van der Waals surface area (Å²) in [6, 6.07) is 11.8. The quantitative estimate of drug-likeness (QED) is 0.678. The number of rotatable bonds is 4. The number of carbonyl (C=O) groups excluding carboxylic acids is 2. The summed E-state index contributed by atoms with van der Waals surface area (Å²) in [6.07, 6.45) is 0. The van der Waals surface area contributed by atoms with Gasteiger partial charge in [0.15, 0.2) is 0 Å². The number of thiophene rings is 1. The van der Waals surface area contributed by atoms with Crippen molar-refractivity contribution < 1.29 is 22.7 Å². The number of esters is 1. The highest BCUT2D eigenvalue weighted by Gasteiger charge is 2.36. The van der Waals surface area contributed by atoms with Crippen molar-refractivity contribution in [2.45, 2.75) is 4.90 Å². The van der Waals surface area contributed by atoms with Crippen molar-refractivity contribution in [3.05, 3.63) is 53.4 Å². The first kappa shape index (κ1) is 17.5. The van der Waals surface area contributed by atoms with Gasteiger partial charge >= 0.3 is 5.97 Å². The molecule has 4 rings (SSSR count). The minimum Gasteiger partial charge on any atom is -0.465 e. The summed E-state index contributed by atoms with van der Waals surface area (Å²) in [4.78, 5) is 24.4. The van der Waals surface area contributed by atoms with Crippen LogP contribution in [-0.2, 0) is 19.6 Å². The summed E-state index contributed by atoms with van der Waals surface area (Å²) in [5, 5.41) is 5.97. The number of sulfonamides is 1. The molecule has 1 N–H and O–H groups in total. The number of nitrogens with zero attached hydrogens (tertiary/aromatic N) is 1. The van der Waals surface area contributed by atoms with Gasteiger partial charge in [-0.05, 0) is 29.0 Å². The van der Waals surface area contributed by atoms with Gasteiger partial charge in [-0.2, -0.15) is 0 Å². The van der Waals surface area contributed by atoms with Gasteiger partial charge in [0.05, 0.1) is 23.3 Å². The van der Waals surface area contributed by atoms with E-state index in [4.69, 9.17) is 0 Å². The van der Waals surface area contributed by atoms with Crippen LogP contribution in [0.25, 0.3) is 10.8 Å². The Morgan fingerprint density at radius 2 is 1.89 bits per heavy atom. The molecule has 0 fully saturated rings. The Morgan fingerprint density at radius 1 is 1.15 bits per heavy atom. The van der Waals surface area contributed by atoms with E-state index < -0.39 is 28.4 Å². The van der Waals surface area contributed by atoms with E-state index in [1.165, 1.54) is 19.2 Å². The van der Waals surface area contributed by atoms with E-state index in [0.717, 1.165) is 21.0 Å². The highest BCUT2D eigenvalue weighted by Crippen LogP contribution is 2.41. The van der Waals surface area contributed by atoms with E-state index in [-0.39, 0.29) is 10.5 Å². The number of nitrogens with one attached hydrogen (secondary N) is 1. The first-order valence-electron chi connectivity index (χ1n) is 7.93. The van der Waals surface area contributed by atoms with Crippen LogP contribution >= 0.6 is 11.3 Å². The molecule has 0 radical (unpaired) electrons. The minimum absolute atomic E-state index is 0.190. The van der Waals surface area contributed by atoms with Gasteiger partial charge in [0.2, 0.25) is 5.91 Å². The standard InChI is InChI=1S/C18H14N2O5S2/c1-25-18(22)12-8-9-26-17(12)19-15(21)10-20-13-6-2-4-11-5-3-7-14(16(11)13)27(20,23)24/h2-9H,10H2,1H3,(H,19,21). The van der Waals surface area contributed by atoms with Gasteiger partial charge in [-0.1, -0.05) is 24.3 Å². The lowest BCUT2D eigenvalue weighted by molar-refractivity contribution is -0.114. The van der Waals surface area contributed by atoms with Gasteiger partial charge in [-0.25, -0.2) is 13.2 Å². The van der Waals surface area contributed by atoms with Crippen LogP contribution in [0.5, 0.6) is 0 Å². The highest BCUT2D eigenvalue weighted by molar-refractivity contribution is 7.93. The molecule has 0 spiro atoms. The molecule has 0 saturated carbocycles. The third-order valence-corrected chi connectivity index (χ3v) is 6.92. The SMILES string of the molecule is COC(=O)c1ccsc1NC(=O)CN1c2cccc3cccc(c23)S1(=O)=O. The average Bonchev–Trinajstić information content (AvgIpc) is 3.19. The summed E-state index contributed by atoms with van der Waals surface area (Å²) in [5.41, 5.74) is 0.697. The summed E-state index contributed by atoms with van der Waals surface area (Å²) >= 11 is 1.16. The number of carbonyl (C=O) groups is 2. The molecule has 2 aromatic carbocycles. The lowest BCUT2D eigenvalue weighted by atomic mass is 10.1. The van der Waals surface area contributed by atoms with Crippen molar-refractivity contribution in [3.63, 3.8) is 0 Å². The van der Waals surface area contributed by atoms with E-state index in [2.05, 4.69) is 10.1 Å². The smallest absolute Gasteiger partial charge is 0.340 e. The molecule has 0 atom stereocenters. The van der Waals surface area contributed by atoms with Crippen molar-refractivity contribution in [1.82, 2.24) is 0 Å². The second kappa shape index (κ2) is 6.36. The number of methoxy groups -OCH3 is 1. The zero-order valence-corrected chi connectivity index (χ0v) is 15.8. The summed E-state index contributed by atoms with van der Waals surface area (Å²) in [6.45, 7) is -0.394. The second-order valence-electron chi connectivity index (χ2n) is 5.85. The molecule has 1 aliphatic heterocycles. The molecule has 7 nitrogen and oxygen atoms in total. The van der Waals surface area contributed by atoms with E-state index in [9.17, 15) is 18.0 Å². The predicted octanol–water partition coefficient (Wildman–Crippen LogP) is 2.84. The Kier molecular flexibility index (Phi) is 4.12. The number of ether oxygens (including phenoxy) is 1. The van der Waals surface area contributed by atoms with Crippen LogP contribution in [0.1, 0.15) is 10.4 Å². The number of amides is 1. The fraction of sp³-hybridized carbons (Fsp3) is 0.111. The largest absolute Gasteiger partial charge is 0.465 e. The molecule has 2 heterocycles. The molecule has 0 aliphatic carbocycles. The van der Waals surface area contributed by atoms with Gasteiger partial charge < -0.3 is 10.1 Å². The Balaban J connectivity index is 1.64. The highest BCUT2D eigenvalue weighted by atomic mass is 32.2. The summed E-state index contributed by atoms with van der Waals surface area (Å²) in [7, 11) is -2.57. The van der Waals surface area contributed by atoms with Crippen LogP contribution in [0.15, 0.2) is 52.7 Å². The number of benzene rings is 2. The van der Waals surface area contributed by atoms with Crippen molar-refractivity contribution in [1.29, 1.82) is 0 Å². The van der Waals surface area contributed by atoms with Crippen LogP contribution in [0.4, 0.5) is 10.7 Å². The molecule has 1 aromatic heterocycles. The van der Waals surface area contributed by atoms with Gasteiger partial charge in [0, 0.05) is 5.39 Å². The molecule has 9 heteroatoms. The third-order valence-electron chi connectivity index (χ3n) is 4.29. The zero-order valence-electron chi connectivity index (χ0n) is 14.1. The van der Waals surface area contributed by atoms with Crippen molar-refractivity contribution in [3.8, 4) is 0 Å². The fourth-order valence-corrected chi connectivity index (χ4v) is 5.56. The van der Waals surface area contributed by atoms with Crippen LogP contribution < -0.4 is 9.62 Å². The second-order valence-corrected chi connectivity index (χ2v) is 8.59. The Morgan fingerprint density at radius 3 is 2.63 bits per heavy atom. The van der Waals surface area contributed by atoms with Gasteiger partial charge in [-0.15, -0.1) is 11.3 Å². The van der Waals surface area contributed by atoms with Gasteiger partial charge in [-0.3, -0.25) is 9.10 Å². The molecule has 0 unspecified atom stereocenters. The summed E-state index contributed by atoms with van der Waals surface area (Å²) in [5.74, 6) is -1.12. The van der Waals surface area contributed by atoms with E-state index in [1.807, 2.05) is 12.1 Å². The summed E-state index contributed by atoms with van der Waals surface area (Å²) < 4.78 is 31.6. The van der Waals surface area contributed by atoms with Gasteiger partial charge in [0.25, 0.3) is 10.0 Å². The molecule has 1 aliphatic rings. The molecule has 0 bridgehead atoms. The zero-order chi connectivity index (χ0) is 19.2. The number of anilines is 2. The molecule has 1 amide bonds. The van der Waals surface area contributed by atoms with Crippen LogP contribution in [0.2, 0.25) is 0 Å². The monoisotopic (exact) mass is 402 g/mol. The Bertz CT molecular complexity index is 1180. The molecular weight excluding hydrogens is 388 g/mol. The van der Waals surface area contributed by atoms with Crippen LogP contribution in [-0.4, -0.2) is 33.9 Å². The van der Waals surface area contributed by atoms with Crippen molar-refractivity contribution >= 4 is 54.7 Å².